The predicted octanol–water partition coefficient (Wildman–Crippen LogP) is 2.13. The smallest absolute Gasteiger partial charge is 0.264 e. The summed E-state index contributed by atoms with van der Waals surface area (Å²) in [5.41, 5.74) is 1.46. The van der Waals surface area contributed by atoms with Gasteiger partial charge in [-0.1, -0.05) is 0 Å². The van der Waals surface area contributed by atoms with E-state index in [-0.39, 0.29) is 5.56 Å². The summed E-state index contributed by atoms with van der Waals surface area (Å²) in [5.74, 6) is 0.569. The number of nitrogens with one attached hydrogen (secondary N) is 1. The zero-order valence-electron chi connectivity index (χ0n) is 9.86. The molecule has 0 aliphatic heterocycles. The molecule has 90 valence electrons. The first-order valence-electron chi connectivity index (χ1n) is 5.30. The van der Waals surface area contributed by atoms with Crippen LogP contribution in [0.25, 0.3) is 11.4 Å². The van der Waals surface area contributed by atoms with Gasteiger partial charge in [0.15, 0.2) is 0 Å². The number of nitrogens with zero attached hydrogens (tertiary/aromatic N) is 3. The summed E-state index contributed by atoms with van der Waals surface area (Å²) in [6.45, 7) is 5.92. The Morgan fingerprint density at radius 1 is 1.47 bits per heavy atom. The van der Waals surface area contributed by atoms with Gasteiger partial charge in [0.2, 0.25) is 0 Å². The molecule has 1 N–H and O–H groups in total. The van der Waals surface area contributed by atoms with Crippen molar-refractivity contribution >= 4 is 22.6 Å². The second kappa shape index (κ2) is 4.59. The molecule has 0 aliphatic carbocycles. The minimum Gasteiger partial charge on any atom is -0.306 e. The molecule has 0 aromatic carbocycles. The summed E-state index contributed by atoms with van der Waals surface area (Å²) in [5, 5.41) is 4.23. The van der Waals surface area contributed by atoms with Gasteiger partial charge in [-0.25, -0.2) is 4.98 Å². The van der Waals surface area contributed by atoms with Crippen LogP contribution >= 0.6 is 22.6 Å². The number of hydrogen-bond donors (Lipinski definition) is 1. The fraction of sp³-hybridized carbons (Fsp3) is 0.364. The van der Waals surface area contributed by atoms with E-state index in [1.165, 1.54) is 0 Å². The average Bonchev–Trinajstić information content (AvgIpc) is 2.74. The van der Waals surface area contributed by atoms with Gasteiger partial charge in [0.05, 0.1) is 21.0 Å². The van der Waals surface area contributed by atoms with E-state index in [1.54, 1.807) is 6.20 Å². The first kappa shape index (κ1) is 12.3. The number of aromatic amines is 1. The second-order valence-corrected chi connectivity index (χ2v) is 5.20. The number of hydrogen-bond acceptors (Lipinski definition) is 3. The summed E-state index contributed by atoms with van der Waals surface area (Å²) >= 11 is 1.99. The van der Waals surface area contributed by atoms with Crippen molar-refractivity contribution in [3.05, 3.63) is 32.0 Å². The zero-order chi connectivity index (χ0) is 12.6. The van der Waals surface area contributed by atoms with Crippen LogP contribution in [-0.2, 0) is 0 Å². The molecular formula is C11H13IN4O. The fourth-order valence-corrected chi connectivity index (χ4v) is 1.71. The molecule has 0 saturated heterocycles. The lowest BCUT2D eigenvalue weighted by Gasteiger charge is -2.03. The van der Waals surface area contributed by atoms with Crippen molar-refractivity contribution in [3.63, 3.8) is 0 Å². The SMILES string of the molecule is Cc1nc(-c2cnn(C(C)C)c2)[nH]c(=O)c1I. The van der Waals surface area contributed by atoms with Crippen LogP contribution in [-0.4, -0.2) is 19.7 Å². The predicted molar refractivity (Wildman–Crippen MR) is 73.9 cm³/mol. The molecule has 6 heteroatoms. The lowest BCUT2D eigenvalue weighted by atomic mass is 10.3. The topological polar surface area (TPSA) is 63.6 Å². The van der Waals surface area contributed by atoms with E-state index >= 15 is 0 Å². The molecule has 2 aromatic rings. The molecule has 0 saturated carbocycles. The molecule has 0 amide bonds. The number of H-pyrrole nitrogens is 1. The molecule has 17 heavy (non-hydrogen) atoms. The van der Waals surface area contributed by atoms with E-state index in [0.29, 0.717) is 15.4 Å². The highest BCUT2D eigenvalue weighted by Gasteiger charge is 2.09. The molecule has 0 aliphatic rings. The fourth-order valence-electron chi connectivity index (χ4n) is 1.45. The Morgan fingerprint density at radius 2 is 2.18 bits per heavy atom. The Hall–Kier alpha value is -1.18. The normalized spacial score (nSPS) is 11.1. The first-order valence-corrected chi connectivity index (χ1v) is 6.38. The van der Waals surface area contributed by atoms with E-state index in [2.05, 4.69) is 15.1 Å². The van der Waals surface area contributed by atoms with Gasteiger partial charge in [-0.2, -0.15) is 5.10 Å². The van der Waals surface area contributed by atoms with E-state index in [1.807, 2.05) is 54.2 Å². The Balaban J connectivity index is 2.49. The van der Waals surface area contributed by atoms with Gasteiger partial charge in [-0.3, -0.25) is 9.48 Å². The van der Waals surface area contributed by atoms with Gasteiger partial charge >= 0.3 is 0 Å². The van der Waals surface area contributed by atoms with Gasteiger partial charge < -0.3 is 4.98 Å². The quantitative estimate of drug-likeness (QED) is 0.849. The largest absolute Gasteiger partial charge is 0.306 e. The zero-order valence-corrected chi connectivity index (χ0v) is 12.0. The minimum atomic E-state index is -0.106. The molecule has 0 spiro atoms. The van der Waals surface area contributed by atoms with Crippen LogP contribution in [0.5, 0.6) is 0 Å². The molecule has 2 heterocycles. The van der Waals surface area contributed by atoms with Crippen molar-refractivity contribution in [2.24, 2.45) is 0 Å². The summed E-state index contributed by atoms with van der Waals surface area (Å²) in [7, 11) is 0. The molecule has 0 atom stereocenters. The Morgan fingerprint density at radius 3 is 2.71 bits per heavy atom. The van der Waals surface area contributed by atoms with Crippen molar-refractivity contribution in [1.82, 2.24) is 19.7 Å². The van der Waals surface area contributed by atoms with Crippen molar-refractivity contribution in [2.45, 2.75) is 26.8 Å². The highest BCUT2D eigenvalue weighted by Crippen LogP contribution is 2.16. The van der Waals surface area contributed by atoms with Gasteiger partial charge in [0.1, 0.15) is 5.82 Å². The van der Waals surface area contributed by atoms with Gasteiger partial charge in [-0.15, -0.1) is 0 Å². The lowest BCUT2D eigenvalue weighted by molar-refractivity contribution is 0.532. The van der Waals surface area contributed by atoms with Crippen molar-refractivity contribution < 1.29 is 0 Å². The maximum atomic E-state index is 11.6. The minimum absolute atomic E-state index is 0.106. The Bertz CT molecular complexity index is 600. The van der Waals surface area contributed by atoms with E-state index < -0.39 is 0 Å². The third-order valence-corrected chi connectivity index (χ3v) is 3.70. The molecule has 0 fully saturated rings. The molecule has 0 bridgehead atoms. The van der Waals surface area contributed by atoms with Gasteiger partial charge in [0, 0.05) is 12.2 Å². The molecule has 5 nitrogen and oxygen atoms in total. The monoisotopic (exact) mass is 344 g/mol. The third-order valence-electron chi connectivity index (χ3n) is 2.43. The van der Waals surface area contributed by atoms with Crippen molar-refractivity contribution in [2.75, 3.05) is 0 Å². The molecular weight excluding hydrogens is 331 g/mol. The number of rotatable bonds is 2. The maximum absolute atomic E-state index is 11.6. The highest BCUT2D eigenvalue weighted by molar-refractivity contribution is 14.1. The Labute approximate surface area is 112 Å². The Kier molecular flexibility index (Phi) is 3.32. The number of aromatic nitrogens is 4. The van der Waals surface area contributed by atoms with Crippen molar-refractivity contribution in [1.29, 1.82) is 0 Å². The van der Waals surface area contributed by atoms with Crippen LogP contribution in [0.3, 0.4) is 0 Å². The van der Waals surface area contributed by atoms with E-state index in [9.17, 15) is 4.79 Å². The van der Waals surface area contributed by atoms with Gasteiger partial charge in [0.25, 0.3) is 5.56 Å². The standard InChI is InChI=1S/C11H13IN4O/c1-6(2)16-5-8(4-13-16)10-14-7(3)9(12)11(17)15-10/h4-6H,1-3H3,(H,14,15,17). The number of aryl methyl sites for hydroxylation is 1. The maximum Gasteiger partial charge on any atom is 0.264 e. The van der Waals surface area contributed by atoms with Crippen LogP contribution in [0.4, 0.5) is 0 Å². The van der Waals surface area contributed by atoms with E-state index in [4.69, 9.17) is 0 Å². The van der Waals surface area contributed by atoms with E-state index in [0.717, 1.165) is 11.3 Å². The molecule has 0 radical (unpaired) electrons. The van der Waals surface area contributed by atoms with Crippen LogP contribution in [0.15, 0.2) is 17.2 Å². The summed E-state index contributed by atoms with van der Waals surface area (Å²) < 4.78 is 2.46. The highest BCUT2D eigenvalue weighted by atomic mass is 127. The van der Waals surface area contributed by atoms with Crippen LogP contribution < -0.4 is 5.56 Å². The molecule has 2 aromatic heterocycles. The van der Waals surface area contributed by atoms with Crippen LogP contribution in [0, 0.1) is 10.5 Å². The van der Waals surface area contributed by atoms with Crippen molar-refractivity contribution in [3.8, 4) is 11.4 Å². The molecule has 0 unspecified atom stereocenters. The average molecular weight is 344 g/mol. The third kappa shape index (κ3) is 2.41. The van der Waals surface area contributed by atoms with Crippen LogP contribution in [0.2, 0.25) is 0 Å². The summed E-state index contributed by atoms with van der Waals surface area (Å²) in [6, 6.07) is 0.292. The van der Waals surface area contributed by atoms with Gasteiger partial charge in [-0.05, 0) is 43.4 Å². The first-order chi connectivity index (χ1) is 7.99. The molecule has 2 rings (SSSR count). The summed E-state index contributed by atoms with van der Waals surface area (Å²) in [4.78, 5) is 18.8. The van der Waals surface area contributed by atoms with Crippen LogP contribution in [0.1, 0.15) is 25.6 Å². The summed E-state index contributed by atoms with van der Waals surface area (Å²) in [6.07, 6.45) is 3.60. The number of halogens is 1. The second-order valence-electron chi connectivity index (χ2n) is 4.12. The lowest BCUT2D eigenvalue weighted by Crippen LogP contribution is -2.14.